The lowest BCUT2D eigenvalue weighted by Gasteiger charge is -2.38. The van der Waals surface area contributed by atoms with Gasteiger partial charge in [-0.15, -0.1) is 0 Å². The second-order valence-electron chi connectivity index (χ2n) is 20.4. The van der Waals surface area contributed by atoms with Crippen LogP contribution in [0, 0.1) is 12.7 Å². The third-order valence-electron chi connectivity index (χ3n) is 15.8. The Labute approximate surface area is 444 Å². The molecule has 8 nitrogen and oxygen atoms in total. The largest absolute Gasteiger partial charge is 0.372 e. The van der Waals surface area contributed by atoms with Gasteiger partial charge in [-0.3, -0.25) is 0 Å². The number of hydrogen-bond acceptors (Lipinski definition) is 8. The van der Waals surface area contributed by atoms with E-state index >= 15 is 4.39 Å². The normalized spacial score (nSPS) is 15.8. The molecule has 75 heavy (non-hydrogen) atoms. The molecule has 0 aliphatic carbocycles. The number of rotatable bonds is 15. The molecule has 6 heterocycles. The van der Waals surface area contributed by atoms with Gasteiger partial charge >= 0.3 is 0 Å². The topological polar surface area (TPSA) is 64.5 Å². The molecule has 1 atom stereocenters. The second kappa shape index (κ2) is 20.8. The molecule has 1 unspecified atom stereocenters. The van der Waals surface area contributed by atoms with Gasteiger partial charge in [-0.1, -0.05) is 130 Å². The smallest absolute Gasteiger partial charge is 0.188 e. The van der Waals surface area contributed by atoms with Crippen LogP contribution < -0.4 is 31.1 Å². The van der Waals surface area contributed by atoms with Gasteiger partial charge in [0.2, 0.25) is 0 Å². The van der Waals surface area contributed by atoms with Crippen LogP contribution in [0.25, 0.3) is 57.0 Å². The number of aryl methyl sites for hydroxylation is 1. The van der Waals surface area contributed by atoms with Crippen molar-refractivity contribution in [2.24, 2.45) is 0 Å². The molecule has 2 N–H and O–H groups in total. The molecular formula is C65H65FN8S. The number of piperidine rings is 1. The lowest BCUT2D eigenvalue weighted by molar-refractivity contribution is 0.310. The zero-order chi connectivity index (χ0) is 51.9. The van der Waals surface area contributed by atoms with Crippen molar-refractivity contribution < 1.29 is 4.39 Å². The van der Waals surface area contributed by atoms with Crippen molar-refractivity contribution in [3.63, 3.8) is 0 Å². The van der Waals surface area contributed by atoms with E-state index < -0.39 is 0 Å². The van der Waals surface area contributed by atoms with E-state index in [1.54, 1.807) is 17.4 Å². The Hall–Kier alpha value is -7.95. The third-order valence-corrected chi connectivity index (χ3v) is 16.7. The van der Waals surface area contributed by atoms with Crippen LogP contribution in [0.15, 0.2) is 159 Å². The predicted molar refractivity (Wildman–Crippen MR) is 315 cm³/mol. The highest BCUT2D eigenvalue weighted by atomic mass is 32.1. The summed E-state index contributed by atoms with van der Waals surface area (Å²) in [6.07, 6.45) is 8.27. The molecule has 3 aliphatic heterocycles. The summed E-state index contributed by atoms with van der Waals surface area (Å²) < 4.78 is 19.1. The quantitative estimate of drug-likeness (QED) is 0.106. The average Bonchev–Trinajstić information content (AvgIpc) is 3.95. The van der Waals surface area contributed by atoms with Crippen molar-refractivity contribution in [3.05, 3.63) is 220 Å². The molecule has 2 fully saturated rings. The average molecular weight is 1010 g/mol. The van der Waals surface area contributed by atoms with Crippen LogP contribution in [-0.4, -0.2) is 52.2 Å². The number of allylic oxidation sites excluding steroid dienone is 3. The fourth-order valence-corrected chi connectivity index (χ4v) is 12.4. The zero-order valence-electron chi connectivity index (χ0n) is 43.2. The molecule has 3 aromatic heterocycles. The zero-order valence-corrected chi connectivity index (χ0v) is 44.0. The van der Waals surface area contributed by atoms with Gasteiger partial charge in [0.05, 0.1) is 27.6 Å². The van der Waals surface area contributed by atoms with Crippen LogP contribution in [0.5, 0.6) is 0 Å². The standard InChI is InChI=1S/C65H65FN8S/c1-9-59-54(28-30-64(69-59)73-32-31-50-17-13-20-53(57(50)40-73)44(5)68-65-70-60-21-10-11-22-63(60)75-65)52-19-14-18-51(43(52)4)37-49-26-24-48(25-27-49)16-12-15-42(3)71-33-35-72(36-34-71)62-39-56-47(8)74(46(7)55(56)38-58(62)66)61-29-23-41(2)67-45(61)6/h9-11,13-14,17-22,24-28,30,38-39,61,67H,1-3,5-8,12,15-16,23,29,31-37,40H2,4H3,(H,68,70). The number of hydrogen-bond donors (Lipinski definition) is 2. The van der Waals surface area contributed by atoms with Crippen molar-refractivity contribution >= 4 is 73.9 Å². The molecule has 10 heteroatoms. The Morgan fingerprint density at radius 3 is 2.33 bits per heavy atom. The van der Waals surface area contributed by atoms with Crippen molar-refractivity contribution in [2.45, 2.75) is 64.5 Å². The molecule has 0 saturated carbocycles. The number of piperazine rings is 1. The molecule has 0 radical (unpaired) electrons. The van der Waals surface area contributed by atoms with Crippen LogP contribution in [0.1, 0.15) is 76.4 Å². The number of pyridine rings is 1. The highest BCUT2D eigenvalue weighted by Crippen LogP contribution is 2.36. The SMILES string of the molecule is C=Cc1nc(N2CCc3cccc(C(=C)Nc4nc5ccccc5s4)c3C2)ccc1-c1cccc(Cc2ccc(CCCC(=C)N3CCN(c4cc5c(=C)n(C6CCC(=C)NC6=C)c(=C)c5cc4F)CC3)cc2)c1C. The summed E-state index contributed by atoms with van der Waals surface area (Å²) in [5.41, 5.74) is 17.5. The number of thiazole rings is 1. The number of anilines is 3. The first-order valence-electron chi connectivity index (χ1n) is 26.2. The van der Waals surface area contributed by atoms with E-state index in [-0.39, 0.29) is 11.9 Å². The van der Waals surface area contributed by atoms with Crippen LogP contribution >= 0.6 is 11.3 Å². The number of fused-ring (bicyclic) bond motifs is 3. The molecule has 378 valence electrons. The maximum atomic E-state index is 15.8. The van der Waals surface area contributed by atoms with E-state index in [1.165, 1.54) is 38.9 Å². The lowest BCUT2D eigenvalue weighted by Crippen LogP contribution is -2.46. The van der Waals surface area contributed by atoms with Crippen LogP contribution in [-0.2, 0) is 25.8 Å². The molecule has 5 aromatic carbocycles. The maximum absolute atomic E-state index is 15.8. The first-order valence-corrected chi connectivity index (χ1v) is 27.0. The molecule has 2 saturated heterocycles. The van der Waals surface area contributed by atoms with Gasteiger partial charge < -0.3 is 29.9 Å². The predicted octanol–water partition coefficient (Wildman–Crippen LogP) is 13.1. The van der Waals surface area contributed by atoms with Gasteiger partial charge in [0.1, 0.15) is 11.6 Å². The van der Waals surface area contributed by atoms with Crippen molar-refractivity contribution in [2.75, 3.05) is 47.8 Å². The number of nitrogens with one attached hydrogen (secondary N) is 2. The van der Waals surface area contributed by atoms with Crippen LogP contribution in [0.4, 0.5) is 21.0 Å². The summed E-state index contributed by atoms with van der Waals surface area (Å²) >= 11 is 1.64. The van der Waals surface area contributed by atoms with Gasteiger partial charge in [-0.05, 0) is 133 Å². The minimum Gasteiger partial charge on any atom is -0.372 e. The summed E-state index contributed by atoms with van der Waals surface area (Å²) in [5, 5.41) is 11.0. The Balaban J connectivity index is 0.683. The minimum atomic E-state index is -0.226. The Bertz CT molecular complexity index is 3650. The first-order chi connectivity index (χ1) is 36.4. The fourth-order valence-electron chi connectivity index (χ4n) is 11.6. The summed E-state index contributed by atoms with van der Waals surface area (Å²) in [5.74, 6) is 0.718. The molecule has 3 aliphatic rings. The van der Waals surface area contributed by atoms with Crippen LogP contribution in [0.3, 0.4) is 0 Å². The monoisotopic (exact) mass is 1010 g/mol. The van der Waals surface area contributed by atoms with E-state index in [0.29, 0.717) is 5.69 Å². The van der Waals surface area contributed by atoms with Crippen molar-refractivity contribution in [3.8, 4) is 11.1 Å². The second-order valence-corrected chi connectivity index (χ2v) is 21.4. The van der Waals surface area contributed by atoms with Gasteiger partial charge in [0.25, 0.3) is 0 Å². The Morgan fingerprint density at radius 2 is 1.56 bits per heavy atom. The molecular weight excluding hydrogens is 944 g/mol. The van der Waals surface area contributed by atoms with E-state index in [1.807, 2.05) is 30.3 Å². The van der Waals surface area contributed by atoms with Crippen molar-refractivity contribution in [1.82, 2.24) is 24.8 Å². The summed E-state index contributed by atoms with van der Waals surface area (Å²) in [7, 11) is 0. The third kappa shape index (κ3) is 9.83. The first kappa shape index (κ1) is 49.3. The van der Waals surface area contributed by atoms with Crippen LogP contribution in [0.2, 0.25) is 0 Å². The van der Waals surface area contributed by atoms with E-state index in [9.17, 15) is 0 Å². The number of aromatic nitrogens is 3. The summed E-state index contributed by atoms with van der Waals surface area (Å²) in [4.78, 5) is 16.9. The number of para-hydroxylation sites is 1. The van der Waals surface area contributed by atoms with Gasteiger partial charge in [0.15, 0.2) is 5.13 Å². The van der Waals surface area contributed by atoms with Gasteiger partial charge in [-0.2, -0.15) is 0 Å². The van der Waals surface area contributed by atoms with E-state index in [0.717, 1.165) is 166 Å². The number of nitrogens with zero attached hydrogens (tertiary/aromatic N) is 6. The Morgan fingerprint density at radius 1 is 0.800 bits per heavy atom. The molecule has 0 amide bonds. The Kier molecular flexibility index (Phi) is 13.6. The van der Waals surface area contributed by atoms with Gasteiger partial charge in [0, 0.05) is 94.7 Å². The number of halogens is 1. The van der Waals surface area contributed by atoms with E-state index in [2.05, 4.69) is 162 Å². The molecule has 8 aromatic rings. The maximum Gasteiger partial charge on any atom is 0.188 e. The van der Waals surface area contributed by atoms with Gasteiger partial charge in [-0.25, -0.2) is 14.4 Å². The van der Waals surface area contributed by atoms with E-state index in [4.69, 9.17) is 9.97 Å². The summed E-state index contributed by atoms with van der Waals surface area (Å²) in [6.45, 7) is 37.2. The number of benzene rings is 5. The fraction of sp³-hybridized carbons (Fsp3) is 0.231. The summed E-state index contributed by atoms with van der Waals surface area (Å²) in [6, 6.07) is 38.4. The molecule has 0 spiro atoms. The minimum absolute atomic E-state index is 0.00134. The highest BCUT2D eigenvalue weighted by molar-refractivity contribution is 7.22. The molecule has 0 bridgehead atoms. The highest BCUT2D eigenvalue weighted by Gasteiger charge is 2.27. The molecule has 11 rings (SSSR count). The van der Waals surface area contributed by atoms with Crippen molar-refractivity contribution in [1.29, 1.82) is 0 Å². The lowest BCUT2D eigenvalue weighted by atomic mass is 9.91.